The second kappa shape index (κ2) is 9.47. The van der Waals surface area contributed by atoms with Gasteiger partial charge in [0, 0.05) is 41.9 Å². The molecule has 1 N–H and O–H groups in total. The Morgan fingerprint density at radius 2 is 1.57 bits per heavy atom. The van der Waals surface area contributed by atoms with Crippen LogP contribution in [0.15, 0.2) is 65.8 Å². The molecule has 152 valence electrons. The number of nitrogens with zero attached hydrogens (tertiary/aromatic N) is 2. The number of carbonyl (C=O) groups is 1. The maximum Gasteiger partial charge on any atom is 0.241 e. The van der Waals surface area contributed by atoms with Crippen LogP contribution in [0.25, 0.3) is 21.8 Å². The zero-order valence-electron chi connectivity index (χ0n) is 16.5. The first-order chi connectivity index (χ1) is 14.5. The summed E-state index contributed by atoms with van der Waals surface area (Å²) in [6.45, 7) is 2.73. The molecule has 1 heterocycles. The first-order valence-electron chi connectivity index (χ1n) is 9.83. The van der Waals surface area contributed by atoms with Crippen molar-refractivity contribution >= 4 is 79.1 Å². The van der Waals surface area contributed by atoms with Gasteiger partial charge in [-0.15, -0.1) is 0 Å². The molecule has 0 fully saturated rings. The summed E-state index contributed by atoms with van der Waals surface area (Å²) in [5, 5.41) is 6.56. The third-order valence-corrected chi connectivity index (χ3v) is 6.48. The fourth-order valence-corrected chi connectivity index (χ4v) is 4.56. The molecule has 3 aromatic carbocycles. The van der Waals surface area contributed by atoms with Crippen LogP contribution in [0.2, 0.25) is 0 Å². The predicted molar refractivity (Wildman–Crippen MR) is 141 cm³/mol. The number of carbonyl (C=O) groups excluding carboxylic acids is 1. The molecular formula is C24H21I2N3O. The Kier molecular flexibility index (Phi) is 6.72. The van der Waals surface area contributed by atoms with E-state index < -0.39 is 0 Å². The lowest BCUT2D eigenvalue weighted by atomic mass is 10.1. The Hall–Kier alpha value is -1.94. The van der Waals surface area contributed by atoms with E-state index in [1.807, 2.05) is 12.1 Å². The van der Waals surface area contributed by atoms with Crippen molar-refractivity contribution in [1.29, 1.82) is 0 Å². The zero-order valence-corrected chi connectivity index (χ0v) is 20.8. The van der Waals surface area contributed by atoms with E-state index in [0.717, 1.165) is 23.0 Å². The summed E-state index contributed by atoms with van der Waals surface area (Å²) in [6.07, 6.45) is 3.06. The molecule has 0 atom stereocenters. The summed E-state index contributed by atoms with van der Waals surface area (Å²) >= 11 is 4.69. The monoisotopic (exact) mass is 621 g/mol. The fourth-order valence-electron chi connectivity index (χ4n) is 3.58. The van der Waals surface area contributed by atoms with Gasteiger partial charge in [-0.1, -0.05) is 31.2 Å². The lowest BCUT2D eigenvalue weighted by Crippen LogP contribution is -2.19. The Morgan fingerprint density at radius 3 is 2.13 bits per heavy atom. The second-order valence-electron chi connectivity index (χ2n) is 7.11. The Morgan fingerprint density at radius 1 is 0.967 bits per heavy atom. The molecule has 0 unspecified atom stereocenters. The van der Waals surface area contributed by atoms with Gasteiger partial charge in [0.1, 0.15) is 0 Å². The molecular weight excluding hydrogens is 600 g/mol. The third kappa shape index (κ3) is 4.69. The van der Waals surface area contributed by atoms with Crippen molar-refractivity contribution in [2.24, 2.45) is 5.10 Å². The van der Waals surface area contributed by atoms with Gasteiger partial charge < -0.3 is 4.57 Å². The molecule has 0 aliphatic carbocycles. The fraction of sp³-hybridized carbons (Fsp3) is 0.167. The van der Waals surface area contributed by atoms with E-state index >= 15 is 0 Å². The van der Waals surface area contributed by atoms with Gasteiger partial charge in [-0.25, -0.2) is 5.43 Å². The van der Waals surface area contributed by atoms with Crippen LogP contribution in [-0.2, 0) is 17.8 Å². The molecule has 4 nitrogen and oxygen atoms in total. The highest BCUT2D eigenvalue weighted by molar-refractivity contribution is 14.1. The summed E-state index contributed by atoms with van der Waals surface area (Å²) in [4.78, 5) is 12.4. The topological polar surface area (TPSA) is 46.4 Å². The molecule has 0 radical (unpaired) electrons. The van der Waals surface area contributed by atoms with Gasteiger partial charge in [-0.3, -0.25) is 4.79 Å². The Balaban J connectivity index is 1.48. The highest BCUT2D eigenvalue weighted by atomic mass is 127. The van der Waals surface area contributed by atoms with Crippen LogP contribution < -0.4 is 5.43 Å². The first kappa shape index (κ1) is 21.3. The Bertz CT molecular complexity index is 1180. The number of amides is 1. The second-order valence-corrected chi connectivity index (χ2v) is 9.60. The number of nitrogens with one attached hydrogen (secondary N) is 1. The van der Waals surface area contributed by atoms with E-state index in [2.05, 4.69) is 116 Å². The first-order valence-corrected chi connectivity index (χ1v) is 12.0. The molecule has 4 rings (SSSR count). The van der Waals surface area contributed by atoms with Crippen LogP contribution >= 0.6 is 45.2 Å². The number of fused-ring (bicyclic) bond motifs is 3. The Labute approximate surface area is 203 Å². The van der Waals surface area contributed by atoms with Crippen molar-refractivity contribution in [2.45, 2.75) is 26.3 Å². The minimum absolute atomic E-state index is 0.0950. The van der Waals surface area contributed by atoms with Crippen LogP contribution in [0.5, 0.6) is 0 Å². The minimum atomic E-state index is -0.0950. The van der Waals surface area contributed by atoms with E-state index in [4.69, 9.17) is 0 Å². The molecule has 0 saturated carbocycles. The quantitative estimate of drug-likeness (QED) is 0.158. The average molecular weight is 621 g/mol. The van der Waals surface area contributed by atoms with E-state index in [1.165, 1.54) is 23.5 Å². The van der Waals surface area contributed by atoms with Crippen molar-refractivity contribution in [3.63, 3.8) is 0 Å². The molecule has 0 saturated heterocycles. The van der Waals surface area contributed by atoms with Gasteiger partial charge in [0.2, 0.25) is 5.91 Å². The molecule has 30 heavy (non-hydrogen) atoms. The van der Waals surface area contributed by atoms with Gasteiger partial charge in [-0.2, -0.15) is 5.10 Å². The molecule has 6 heteroatoms. The lowest BCUT2D eigenvalue weighted by molar-refractivity contribution is -0.121. The molecule has 0 spiro atoms. The van der Waals surface area contributed by atoms with Crippen LogP contribution in [0, 0.1) is 7.14 Å². The van der Waals surface area contributed by atoms with Crippen molar-refractivity contribution in [3.05, 3.63) is 78.9 Å². The number of rotatable bonds is 6. The molecule has 4 aromatic rings. The standard InChI is InChI=1S/C24H21I2N3O/c1-2-16-3-5-17(6-4-16)15-27-28-24(30)11-12-29-22-9-7-18(25)13-20(22)21-14-19(26)8-10-23(21)29/h3-10,13-15H,2,11-12H2,1H3,(H,28,30)/b27-15-. The van der Waals surface area contributed by atoms with Crippen molar-refractivity contribution in [1.82, 2.24) is 9.99 Å². The van der Waals surface area contributed by atoms with Gasteiger partial charge in [0.25, 0.3) is 0 Å². The number of hydrazone groups is 1. The maximum absolute atomic E-state index is 12.4. The van der Waals surface area contributed by atoms with E-state index in [1.54, 1.807) is 6.21 Å². The molecule has 1 amide bonds. The number of hydrogen-bond donors (Lipinski definition) is 1. The van der Waals surface area contributed by atoms with E-state index in [9.17, 15) is 4.79 Å². The molecule has 1 aromatic heterocycles. The smallest absolute Gasteiger partial charge is 0.241 e. The average Bonchev–Trinajstić information content (AvgIpc) is 3.05. The van der Waals surface area contributed by atoms with Gasteiger partial charge >= 0.3 is 0 Å². The predicted octanol–water partition coefficient (Wildman–Crippen LogP) is 6.11. The zero-order chi connectivity index (χ0) is 21.1. The lowest BCUT2D eigenvalue weighted by Gasteiger charge is -2.07. The highest BCUT2D eigenvalue weighted by Crippen LogP contribution is 2.31. The summed E-state index contributed by atoms with van der Waals surface area (Å²) in [5.41, 5.74) is 7.21. The largest absolute Gasteiger partial charge is 0.340 e. The summed E-state index contributed by atoms with van der Waals surface area (Å²) in [5.74, 6) is -0.0950. The molecule has 0 aliphatic heterocycles. The number of hydrogen-bond acceptors (Lipinski definition) is 2. The van der Waals surface area contributed by atoms with E-state index in [-0.39, 0.29) is 5.91 Å². The van der Waals surface area contributed by atoms with Crippen molar-refractivity contribution < 1.29 is 4.79 Å². The van der Waals surface area contributed by atoms with Gasteiger partial charge in [-0.05, 0) is 99.1 Å². The summed E-state index contributed by atoms with van der Waals surface area (Å²) in [6, 6.07) is 21.1. The molecule has 0 bridgehead atoms. The highest BCUT2D eigenvalue weighted by Gasteiger charge is 2.12. The normalized spacial score (nSPS) is 11.6. The maximum atomic E-state index is 12.4. The summed E-state index contributed by atoms with van der Waals surface area (Å²) in [7, 11) is 0. The van der Waals surface area contributed by atoms with E-state index in [0.29, 0.717) is 13.0 Å². The molecule has 0 aliphatic rings. The summed E-state index contributed by atoms with van der Waals surface area (Å²) < 4.78 is 4.64. The van der Waals surface area contributed by atoms with Crippen LogP contribution in [0.4, 0.5) is 0 Å². The van der Waals surface area contributed by atoms with Gasteiger partial charge in [0.05, 0.1) is 6.21 Å². The van der Waals surface area contributed by atoms with Crippen molar-refractivity contribution in [2.75, 3.05) is 0 Å². The SMILES string of the molecule is CCc1ccc(/C=N\NC(=O)CCn2c3ccc(I)cc3c3cc(I)ccc32)cc1. The minimum Gasteiger partial charge on any atom is -0.340 e. The number of benzene rings is 3. The van der Waals surface area contributed by atoms with Crippen LogP contribution in [0.3, 0.4) is 0 Å². The third-order valence-electron chi connectivity index (χ3n) is 5.14. The van der Waals surface area contributed by atoms with Crippen LogP contribution in [0.1, 0.15) is 24.5 Å². The van der Waals surface area contributed by atoms with Crippen molar-refractivity contribution in [3.8, 4) is 0 Å². The number of halogens is 2. The number of aromatic nitrogens is 1. The van der Waals surface area contributed by atoms with Gasteiger partial charge in [0.15, 0.2) is 0 Å². The number of aryl methyl sites for hydroxylation is 2. The van der Waals surface area contributed by atoms with Crippen LogP contribution in [-0.4, -0.2) is 16.7 Å².